The molecule has 1 fully saturated rings. The Bertz CT molecular complexity index is 352. The summed E-state index contributed by atoms with van der Waals surface area (Å²) in [5, 5.41) is 0. The SMILES string of the molecule is c1ccc2c(c1)CC[C@H](C1CCOCC1)C2. The predicted molar refractivity (Wildman–Crippen MR) is 65.5 cm³/mol. The summed E-state index contributed by atoms with van der Waals surface area (Å²) in [6, 6.07) is 8.98. The first-order valence-corrected chi connectivity index (χ1v) is 6.58. The number of aryl methyl sites for hydroxylation is 1. The Morgan fingerprint density at radius 1 is 0.875 bits per heavy atom. The zero-order valence-corrected chi connectivity index (χ0v) is 9.82. The van der Waals surface area contributed by atoms with Crippen LogP contribution in [0.15, 0.2) is 24.3 Å². The molecule has 0 N–H and O–H groups in total. The van der Waals surface area contributed by atoms with Crippen LogP contribution in [0.4, 0.5) is 0 Å². The second-order valence-electron chi connectivity index (χ2n) is 5.22. The first kappa shape index (κ1) is 10.3. The molecular weight excluding hydrogens is 196 g/mol. The van der Waals surface area contributed by atoms with Gasteiger partial charge in [-0.3, -0.25) is 0 Å². The van der Waals surface area contributed by atoms with Crippen LogP contribution in [0, 0.1) is 11.8 Å². The first-order chi connectivity index (χ1) is 7.93. The molecule has 0 aromatic heterocycles. The lowest BCUT2D eigenvalue weighted by atomic mass is 9.74. The minimum absolute atomic E-state index is 0.916. The van der Waals surface area contributed by atoms with Crippen molar-refractivity contribution in [2.75, 3.05) is 13.2 Å². The minimum Gasteiger partial charge on any atom is -0.381 e. The van der Waals surface area contributed by atoms with Gasteiger partial charge in [0.15, 0.2) is 0 Å². The Balaban J connectivity index is 1.72. The molecule has 2 aliphatic rings. The smallest absolute Gasteiger partial charge is 0.0468 e. The third kappa shape index (κ3) is 2.01. The largest absolute Gasteiger partial charge is 0.381 e. The van der Waals surface area contributed by atoms with Gasteiger partial charge in [-0.15, -0.1) is 0 Å². The van der Waals surface area contributed by atoms with Gasteiger partial charge in [0.1, 0.15) is 0 Å². The number of hydrogen-bond donors (Lipinski definition) is 0. The molecule has 86 valence electrons. The van der Waals surface area contributed by atoms with Crippen molar-refractivity contribution in [3.63, 3.8) is 0 Å². The fraction of sp³-hybridized carbons (Fsp3) is 0.600. The molecule has 3 rings (SSSR count). The molecule has 1 aromatic carbocycles. The summed E-state index contributed by atoms with van der Waals surface area (Å²) in [5.41, 5.74) is 3.19. The van der Waals surface area contributed by atoms with Gasteiger partial charge in [-0.05, 0) is 55.1 Å². The Morgan fingerprint density at radius 2 is 1.62 bits per heavy atom. The molecule has 1 heterocycles. The molecule has 0 saturated carbocycles. The molecule has 0 spiro atoms. The minimum atomic E-state index is 0.916. The van der Waals surface area contributed by atoms with Gasteiger partial charge >= 0.3 is 0 Å². The number of fused-ring (bicyclic) bond motifs is 1. The summed E-state index contributed by atoms with van der Waals surface area (Å²) >= 11 is 0. The molecule has 0 unspecified atom stereocenters. The van der Waals surface area contributed by atoms with Crippen LogP contribution in [0.5, 0.6) is 0 Å². The second-order valence-corrected chi connectivity index (χ2v) is 5.22. The zero-order valence-electron chi connectivity index (χ0n) is 9.82. The van der Waals surface area contributed by atoms with E-state index in [2.05, 4.69) is 24.3 Å². The van der Waals surface area contributed by atoms with Crippen LogP contribution in [0.2, 0.25) is 0 Å². The van der Waals surface area contributed by atoms with Crippen molar-refractivity contribution >= 4 is 0 Å². The lowest BCUT2D eigenvalue weighted by Gasteiger charge is -2.33. The van der Waals surface area contributed by atoms with Crippen LogP contribution < -0.4 is 0 Å². The normalized spacial score (nSPS) is 26.4. The average molecular weight is 216 g/mol. The summed E-state index contributed by atoms with van der Waals surface area (Å²) in [4.78, 5) is 0. The standard InChI is InChI=1S/C15H20O/c1-2-4-14-11-15(6-5-12(14)3-1)13-7-9-16-10-8-13/h1-4,13,15H,5-11H2/t15-/m0/s1. The summed E-state index contributed by atoms with van der Waals surface area (Å²) in [7, 11) is 0. The van der Waals surface area contributed by atoms with E-state index in [4.69, 9.17) is 4.74 Å². The number of hydrogen-bond acceptors (Lipinski definition) is 1. The number of benzene rings is 1. The van der Waals surface area contributed by atoms with Crippen LogP contribution in [-0.4, -0.2) is 13.2 Å². The quantitative estimate of drug-likeness (QED) is 0.700. The first-order valence-electron chi connectivity index (χ1n) is 6.58. The van der Waals surface area contributed by atoms with Gasteiger partial charge in [0.05, 0.1) is 0 Å². The second kappa shape index (κ2) is 4.58. The van der Waals surface area contributed by atoms with Crippen molar-refractivity contribution in [1.82, 2.24) is 0 Å². The molecule has 1 saturated heterocycles. The van der Waals surface area contributed by atoms with Gasteiger partial charge in [0.2, 0.25) is 0 Å². The van der Waals surface area contributed by atoms with E-state index in [1.165, 1.54) is 32.1 Å². The Kier molecular flexibility index (Phi) is 2.96. The highest BCUT2D eigenvalue weighted by Crippen LogP contribution is 2.34. The Hall–Kier alpha value is -0.820. The predicted octanol–water partition coefficient (Wildman–Crippen LogP) is 3.22. The molecule has 0 bridgehead atoms. The molecule has 1 heteroatoms. The number of ether oxygens (including phenoxy) is 1. The zero-order chi connectivity index (χ0) is 10.8. The molecule has 1 atom stereocenters. The van der Waals surface area contributed by atoms with Gasteiger partial charge < -0.3 is 4.74 Å². The molecule has 0 radical (unpaired) electrons. The summed E-state index contributed by atoms with van der Waals surface area (Å²) < 4.78 is 5.46. The topological polar surface area (TPSA) is 9.23 Å². The lowest BCUT2D eigenvalue weighted by Crippen LogP contribution is -2.27. The van der Waals surface area contributed by atoms with Crippen molar-refractivity contribution in [1.29, 1.82) is 0 Å². The molecule has 1 aliphatic heterocycles. The maximum atomic E-state index is 5.46. The van der Waals surface area contributed by atoms with Gasteiger partial charge in [-0.1, -0.05) is 24.3 Å². The fourth-order valence-electron chi connectivity index (χ4n) is 3.32. The average Bonchev–Trinajstić information content (AvgIpc) is 2.39. The van der Waals surface area contributed by atoms with Crippen molar-refractivity contribution in [3.05, 3.63) is 35.4 Å². The molecular formula is C15H20O. The monoisotopic (exact) mass is 216 g/mol. The van der Waals surface area contributed by atoms with Crippen molar-refractivity contribution in [3.8, 4) is 0 Å². The van der Waals surface area contributed by atoms with Crippen molar-refractivity contribution in [2.45, 2.75) is 32.1 Å². The Morgan fingerprint density at radius 3 is 2.44 bits per heavy atom. The third-order valence-corrected chi connectivity index (χ3v) is 4.32. The summed E-state index contributed by atoms with van der Waals surface area (Å²) in [6.45, 7) is 1.98. The van der Waals surface area contributed by atoms with Crippen LogP contribution in [0.3, 0.4) is 0 Å². The Labute approximate surface area is 97.8 Å². The van der Waals surface area contributed by atoms with Crippen LogP contribution in [0.25, 0.3) is 0 Å². The van der Waals surface area contributed by atoms with Gasteiger partial charge in [-0.25, -0.2) is 0 Å². The summed E-state index contributed by atoms with van der Waals surface area (Å²) in [5.74, 6) is 1.83. The van der Waals surface area contributed by atoms with Gasteiger partial charge in [0, 0.05) is 13.2 Å². The van der Waals surface area contributed by atoms with Crippen molar-refractivity contribution < 1.29 is 4.74 Å². The van der Waals surface area contributed by atoms with E-state index in [-0.39, 0.29) is 0 Å². The lowest BCUT2D eigenvalue weighted by molar-refractivity contribution is 0.0439. The van der Waals surface area contributed by atoms with E-state index in [9.17, 15) is 0 Å². The van der Waals surface area contributed by atoms with Crippen molar-refractivity contribution in [2.24, 2.45) is 11.8 Å². The fourth-order valence-corrected chi connectivity index (χ4v) is 3.32. The highest BCUT2D eigenvalue weighted by Gasteiger charge is 2.27. The van der Waals surface area contributed by atoms with E-state index in [0.29, 0.717) is 0 Å². The highest BCUT2D eigenvalue weighted by atomic mass is 16.5. The molecule has 1 aromatic rings. The third-order valence-electron chi connectivity index (χ3n) is 4.32. The van der Waals surface area contributed by atoms with Crippen LogP contribution in [-0.2, 0) is 17.6 Å². The van der Waals surface area contributed by atoms with Crippen LogP contribution in [0.1, 0.15) is 30.4 Å². The molecule has 0 amide bonds. The van der Waals surface area contributed by atoms with Crippen LogP contribution >= 0.6 is 0 Å². The van der Waals surface area contributed by atoms with E-state index in [0.717, 1.165) is 25.0 Å². The van der Waals surface area contributed by atoms with Gasteiger partial charge in [-0.2, -0.15) is 0 Å². The van der Waals surface area contributed by atoms with E-state index < -0.39 is 0 Å². The molecule has 1 nitrogen and oxygen atoms in total. The summed E-state index contributed by atoms with van der Waals surface area (Å²) in [6.07, 6.45) is 6.56. The molecule has 1 aliphatic carbocycles. The maximum absolute atomic E-state index is 5.46. The molecule has 16 heavy (non-hydrogen) atoms. The maximum Gasteiger partial charge on any atom is 0.0468 e. The van der Waals surface area contributed by atoms with E-state index in [1.54, 1.807) is 11.1 Å². The van der Waals surface area contributed by atoms with Gasteiger partial charge in [0.25, 0.3) is 0 Å². The highest BCUT2D eigenvalue weighted by molar-refractivity contribution is 5.29. The number of rotatable bonds is 1. The van der Waals surface area contributed by atoms with E-state index in [1.807, 2.05) is 0 Å². The van der Waals surface area contributed by atoms with E-state index >= 15 is 0 Å².